The molecule has 4 rings (SSSR count). The Bertz CT molecular complexity index is 1220. The van der Waals surface area contributed by atoms with Gasteiger partial charge in [0.1, 0.15) is 0 Å². The average molecular weight is 625 g/mol. The molecular formula is C33H48N6O6. The van der Waals surface area contributed by atoms with Crippen LogP contribution in [0.4, 0.5) is 0 Å². The van der Waals surface area contributed by atoms with E-state index in [-0.39, 0.29) is 37.4 Å². The van der Waals surface area contributed by atoms with Gasteiger partial charge >= 0.3 is 17.1 Å². The number of aromatic nitrogens is 3. The molecule has 12 heteroatoms. The minimum absolute atomic E-state index is 0.0194. The van der Waals surface area contributed by atoms with Crippen LogP contribution in [0.15, 0.2) is 29.4 Å². The van der Waals surface area contributed by atoms with Gasteiger partial charge in [0.05, 0.1) is 19.6 Å². The fourth-order valence-corrected chi connectivity index (χ4v) is 8.46. The van der Waals surface area contributed by atoms with E-state index < -0.39 is 35.2 Å². The molecule has 0 spiro atoms. The van der Waals surface area contributed by atoms with Crippen molar-refractivity contribution in [1.82, 2.24) is 13.7 Å². The zero-order chi connectivity index (χ0) is 32.0. The van der Waals surface area contributed by atoms with Crippen LogP contribution in [0.25, 0.3) is 0 Å². The molecule has 0 aromatic carbocycles. The van der Waals surface area contributed by atoms with Crippen molar-refractivity contribution in [3.8, 4) is 0 Å². The Morgan fingerprint density at radius 2 is 0.711 bits per heavy atom. The van der Waals surface area contributed by atoms with Crippen molar-refractivity contribution in [2.24, 2.45) is 32.7 Å². The number of carbonyl (C=O) groups excluding carboxylic acids is 3. The van der Waals surface area contributed by atoms with Gasteiger partial charge < -0.3 is 0 Å². The normalized spacial score (nSPS) is 20.3. The van der Waals surface area contributed by atoms with Gasteiger partial charge in [0.15, 0.2) is 0 Å². The van der Waals surface area contributed by atoms with E-state index in [0.717, 1.165) is 96.3 Å². The summed E-state index contributed by atoms with van der Waals surface area (Å²) in [4.78, 5) is 88.4. The van der Waals surface area contributed by atoms with Crippen molar-refractivity contribution < 1.29 is 14.4 Å². The number of rotatable bonds is 15. The van der Waals surface area contributed by atoms with E-state index in [1.165, 1.54) is 13.7 Å². The maximum Gasteiger partial charge on any atom is 0.336 e. The van der Waals surface area contributed by atoms with Gasteiger partial charge in [-0.1, -0.05) is 57.8 Å². The summed E-state index contributed by atoms with van der Waals surface area (Å²) < 4.78 is 3.90. The molecule has 1 aromatic rings. The molecule has 0 saturated heterocycles. The first-order chi connectivity index (χ1) is 22.0. The summed E-state index contributed by atoms with van der Waals surface area (Å²) >= 11 is 0. The molecule has 0 radical (unpaired) electrons. The van der Waals surface area contributed by atoms with E-state index >= 15 is 0 Å². The summed E-state index contributed by atoms with van der Waals surface area (Å²) in [5.74, 6) is 0.0583. The molecule has 0 N–H and O–H groups in total. The molecule has 12 nitrogen and oxygen atoms in total. The highest BCUT2D eigenvalue weighted by molar-refractivity contribution is 5.33. The lowest BCUT2D eigenvalue weighted by molar-refractivity contribution is 0.171. The van der Waals surface area contributed by atoms with Crippen molar-refractivity contribution in [3.63, 3.8) is 0 Å². The third-order valence-electron chi connectivity index (χ3n) is 10.6. The van der Waals surface area contributed by atoms with Crippen LogP contribution < -0.4 is 17.1 Å². The van der Waals surface area contributed by atoms with E-state index in [9.17, 15) is 28.8 Å². The van der Waals surface area contributed by atoms with Crippen molar-refractivity contribution >= 4 is 18.2 Å². The van der Waals surface area contributed by atoms with E-state index in [4.69, 9.17) is 0 Å². The highest BCUT2D eigenvalue weighted by Crippen LogP contribution is 2.37. The van der Waals surface area contributed by atoms with Crippen LogP contribution in [0, 0.1) is 17.8 Å². The second-order valence-corrected chi connectivity index (χ2v) is 13.1. The van der Waals surface area contributed by atoms with Gasteiger partial charge in [-0.3, -0.25) is 0 Å². The van der Waals surface area contributed by atoms with Crippen LogP contribution in [0.3, 0.4) is 0 Å². The third-order valence-corrected chi connectivity index (χ3v) is 10.6. The first-order valence-corrected chi connectivity index (χ1v) is 17.1. The molecule has 3 saturated carbocycles. The monoisotopic (exact) mass is 624 g/mol. The summed E-state index contributed by atoms with van der Waals surface area (Å²) in [6.07, 6.45) is 19.8. The van der Waals surface area contributed by atoms with Crippen LogP contribution in [0.2, 0.25) is 0 Å². The highest BCUT2D eigenvalue weighted by Gasteiger charge is 2.36. The lowest BCUT2D eigenvalue weighted by Crippen LogP contribution is -2.59. The standard InChI is InChI=1S/C33H48N6O6/c40-22-34-19-16-28(25-10-4-1-5-11-25)37-31(43)38(29(17-20-35-23-41)26-12-6-2-7-13-26)33(45)39(32(37)44)30(18-21-36-24-42)27-14-8-3-9-15-27/h25-30H,1-21H2. The quantitative estimate of drug-likeness (QED) is 0.203. The lowest BCUT2D eigenvalue weighted by Gasteiger charge is -2.36. The van der Waals surface area contributed by atoms with Crippen molar-refractivity contribution in [1.29, 1.82) is 0 Å². The first kappa shape index (κ1) is 34.4. The minimum Gasteiger partial charge on any atom is -0.247 e. The maximum absolute atomic E-state index is 14.7. The van der Waals surface area contributed by atoms with Crippen LogP contribution in [0.1, 0.15) is 134 Å². The molecular weight excluding hydrogens is 576 g/mol. The molecule has 1 aromatic heterocycles. The number of hydrogen-bond donors (Lipinski definition) is 0. The van der Waals surface area contributed by atoms with Gasteiger partial charge in [0, 0.05) is 18.1 Å². The van der Waals surface area contributed by atoms with Crippen molar-refractivity contribution in [3.05, 3.63) is 31.5 Å². The zero-order valence-electron chi connectivity index (χ0n) is 26.4. The van der Waals surface area contributed by atoms with Gasteiger partial charge in [-0.15, -0.1) is 0 Å². The van der Waals surface area contributed by atoms with Crippen molar-refractivity contribution in [2.75, 3.05) is 19.6 Å². The first-order valence-electron chi connectivity index (χ1n) is 17.1. The Labute approximate surface area is 263 Å². The molecule has 3 aliphatic carbocycles. The number of isocyanates is 3. The molecule has 0 aliphatic heterocycles. The molecule has 0 bridgehead atoms. The molecule has 1 heterocycles. The lowest BCUT2D eigenvalue weighted by atomic mass is 9.81. The van der Waals surface area contributed by atoms with Gasteiger partial charge in [-0.05, 0) is 75.5 Å². The highest BCUT2D eigenvalue weighted by atomic mass is 16.2. The largest absolute Gasteiger partial charge is 0.336 e. The Balaban J connectivity index is 1.99. The van der Waals surface area contributed by atoms with Gasteiger partial charge in [0.25, 0.3) is 0 Å². The summed E-state index contributed by atoms with van der Waals surface area (Å²) in [6, 6.07) is -1.62. The van der Waals surface area contributed by atoms with E-state index in [0.29, 0.717) is 19.3 Å². The molecule has 3 aliphatic rings. The summed E-state index contributed by atoms with van der Waals surface area (Å²) in [5, 5.41) is 0. The van der Waals surface area contributed by atoms with Gasteiger partial charge in [-0.25, -0.2) is 57.4 Å². The fraction of sp³-hybridized carbons (Fsp3) is 0.818. The van der Waals surface area contributed by atoms with Gasteiger partial charge in [-0.2, -0.15) is 0 Å². The zero-order valence-corrected chi connectivity index (χ0v) is 26.4. The van der Waals surface area contributed by atoms with E-state index in [2.05, 4.69) is 15.0 Å². The SMILES string of the molecule is O=C=NCCC(C1CCCCC1)n1c(=O)n(C(CCN=C=O)C2CCCCC2)c(=O)n(C(CCN=C=O)C2CCCCC2)c1=O. The van der Waals surface area contributed by atoms with Crippen LogP contribution >= 0.6 is 0 Å². The van der Waals surface area contributed by atoms with Gasteiger partial charge in [0.2, 0.25) is 18.2 Å². The van der Waals surface area contributed by atoms with E-state index in [1.807, 2.05) is 0 Å². The average Bonchev–Trinajstić information content (AvgIpc) is 3.07. The number of nitrogens with zero attached hydrogens (tertiary/aromatic N) is 6. The van der Waals surface area contributed by atoms with Crippen LogP contribution in [-0.2, 0) is 14.4 Å². The van der Waals surface area contributed by atoms with Crippen molar-refractivity contribution in [2.45, 2.75) is 134 Å². The number of aliphatic imine (C=N–C) groups is 3. The Hall–Kier alpha value is -3.45. The third kappa shape index (κ3) is 8.63. The van der Waals surface area contributed by atoms with Crippen LogP contribution in [-0.4, -0.2) is 51.6 Å². The molecule has 3 atom stereocenters. The predicted molar refractivity (Wildman–Crippen MR) is 169 cm³/mol. The molecule has 0 amide bonds. The summed E-state index contributed by atoms with van der Waals surface area (Å²) in [5.41, 5.74) is -1.90. The molecule has 246 valence electrons. The minimum atomic E-state index is -0.633. The Kier molecular flexibility index (Phi) is 13.7. The fourth-order valence-electron chi connectivity index (χ4n) is 8.46. The topological polar surface area (TPSA) is 154 Å². The number of hydrogen-bond acceptors (Lipinski definition) is 9. The smallest absolute Gasteiger partial charge is 0.247 e. The maximum atomic E-state index is 14.7. The van der Waals surface area contributed by atoms with Crippen LogP contribution in [0.5, 0.6) is 0 Å². The summed E-state index contributed by atoms with van der Waals surface area (Å²) in [6.45, 7) is 0.363. The second kappa shape index (κ2) is 17.9. The Morgan fingerprint density at radius 3 is 0.933 bits per heavy atom. The molecule has 45 heavy (non-hydrogen) atoms. The predicted octanol–water partition coefficient (Wildman–Crippen LogP) is 4.71. The molecule has 3 unspecified atom stereocenters. The molecule has 3 fully saturated rings. The Morgan fingerprint density at radius 1 is 0.467 bits per heavy atom. The van der Waals surface area contributed by atoms with E-state index in [1.54, 1.807) is 18.2 Å². The summed E-state index contributed by atoms with van der Waals surface area (Å²) in [7, 11) is 0. The second-order valence-electron chi connectivity index (χ2n) is 13.1.